The van der Waals surface area contributed by atoms with Gasteiger partial charge in [0, 0.05) is 25.3 Å². The van der Waals surface area contributed by atoms with Gasteiger partial charge in [-0.05, 0) is 32.6 Å². The van der Waals surface area contributed by atoms with Crippen molar-refractivity contribution >= 4 is 0 Å². The predicted octanol–water partition coefficient (Wildman–Crippen LogP) is 1.30. The molecule has 1 saturated heterocycles. The van der Waals surface area contributed by atoms with Crippen LogP contribution in [0, 0.1) is 0 Å². The number of nitrogens with one attached hydrogen (secondary N) is 1. The van der Waals surface area contributed by atoms with Gasteiger partial charge < -0.3 is 15.2 Å². The van der Waals surface area contributed by atoms with E-state index in [4.69, 9.17) is 9.84 Å². The van der Waals surface area contributed by atoms with E-state index in [-0.39, 0.29) is 6.61 Å². The topological polar surface area (TPSA) is 41.5 Å². The van der Waals surface area contributed by atoms with Crippen LogP contribution in [-0.2, 0) is 4.74 Å². The van der Waals surface area contributed by atoms with Gasteiger partial charge in [0.25, 0.3) is 0 Å². The summed E-state index contributed by atoms with van der Waals surface area (Å²) in [5.74, 6) is 0. The first-order chi connectivity index (χ1) is 6.77. The number of ether oxygens (including phenoxy) is 1. The largest absolute Gasteiger partial charge is 0.396 e. The van der Waals surface area contributed by atoms with Crippen molar-refractivity contribution in [2.45, 2.75) is 57.7 Å². The van der Waals surface area contributed by atoms with Crippen LogP contribution >= 0.6 is 0 Å². The van der Waals surface area contributed by atoms with Crippen LogP contribution in [0.2, 0.25) is 0 Å². The Hall–Kier alpha value is -0.120. The zero-order chi connectivity index (χ0) is 10.4. The minimum Gasteiger partial charge on any atom is -0.396 e. The third-order valence-electron chi connectivity index (χ3n) is 2.91. The first kappa shape index (κ1) is 12.0. The van der Waals surface area contributed by atoms with Crippen LogP contribution in [0.25, 0.3) is 0 Å². The zero-order valence-electron chi connectivity index (χ0n) is 9.33. The van der Waals surface area contributed by atoms with E-state index in [0.29, 0.717) is 24.8 Å². The van der Waals surface area contributed by atoms with Gasteiger partial charge in [-0.3, -0.25) is 0 Å². The van der Waals surface area contributed by atoms with Gasteiger partial charge in [0.2, 0.25) is 0 Å². The molecule has 84 valence electrons. The van der Waals surface area contributed by atoms with Crippen LogP contribution in [0.3, 0.4) is 0 Å². The highest BCUT2D eigenvalue weighted by Gasteiger charge is 2.26. The first-order valence-corrected chi connectivity index (χ1v) is 5.76. The average Bonchev–Trinajstić information content (AvgIpc) is 2.20. The molecule has 3 heteroatoms. The number of hydrogen-bond acceptors (Lipinski definition) is 3. The number of hydrogen-bond donors (Lipinski definition) is 2. The molecule has 0 aromatic rings. The molecule has 1 heterocycles. The summed E-state index contributed by atoms with van der Waals surface area (Å²) >= 11 is 0. The molecule has 2 N–H and O–H groups in total. The molecule has 0 radical (unpaired) electrons. The Kier molecular flexibility index (Phi) is 5.45. The number of aliphatic hydroxyl groups is 1. The van der Waals surface area contributed by atoms with Crippen LogP contribution in [0.5, 0.6) is 0 Å². The summed E-state index contributed by atoms with van der Waals surface area (Å²) in [5.41, 5.74) is 0. The number of aliphatic hydroxyl groups excluding tert-OH is 1. The second-order valence-corrected chi connectivity index (χ2v) is 4.15. The first-order valence-electron chi connectivity index (χ1n) is 5.76. The predicted molar refractivity (Wildman–Crippen MR) is 57.4 cm³/mol. The van der Waals surface area contributed by atoms with Crippen molar-refractivity contribution in [3.05, 3.63) is 0 Å². The van der Waals surface area contributed by atoms with E-state index < -0.39 is 0 Å². The molecule has 1 aliphatic heterocycles. The second-order valence-electron chi connectivity index (χ2n) is 4.15. The summed E-state index contributed by atoms with van der Waals surface area (Å²) in [6.45, 7) is 5.34. The lowest BCUT2D eigenvalue weighted by Crippen LogP contribution is -2.50. The molecular formula is C11H23NO2. The highest BCUT2D eigenvalue weighted by molar-refractivity contribution is 4.84. The van der Waals surface area contributed by atoms with E-state index in [1.54, 1.807) is 0 Å². The van der Waals surface area contributed by atoms with Gasteiger partial charge in [0.05, 0.1) is 6.10 Å². The molecule has 1 fully saturated rings. The summed E-state index contributed by atoms with van der Waals surface area (Å²) in [4.78, 5) is 0. The summed E-state index contributed by atoms with van der Waals surface area (Å²) in [6, 6.07) is 1.12. The Bertz CT molecular complexity index is 152. The third-order valence-corrected chi connectivity index (χ3v) is 2.91. The molecular weight excluding hydrogens is 178 g/mol. The van der Waals surface area contributed by atoms with Gasteiger partial charge in [0.1, 0.15) is 0 Å². The molecule has 1 rings (SSSR count). The van der Waals surface area contributed by atoms with Gasteiger partial charge in [-0.2, -0.15) is 0 Å². The Morgan fingerprint density at radius 1 is 1.43 bits per heavy atom. The monoisotopic (exact) mass is 201 g/mol. The lowest BCUT2D eigenvalue weighted by molar-refractivity contribution is -0.00557. The fourth-order valence-corrected chi connectivity index (χ4v) is 2.05. The minimum absolute atomic E-state index is 0.230. The van der Waals surface area contributed by atoms with Gasteiger partial charge >= 0.3 is 0 Å². The Morgan fingerprint density at radius 3 is 2.86 bits per heavy atom. The Morgan fingerprint density at radius 2 is 2.21 bits per heavy atom. The van der Waals surface area contributed by atoms with Gasteiger partial charge in [-0.15, -0.1) is 0 Å². The van der Waals surface area contributed by atoms with Gasteiger partial charge in [-0.25, -0.2) is 0 Å². The second kappa shape index (κ2) is 6.38. The van der Waals surface area contributed by atoms with Crippen LogP contribution in [-0.4, -0.2) is 36.5 Å². The van der Waals surface area contributed by atoms with Crippen molar-refractivity contribution in [2.75, 3.05) is 13.2 Å². The van der Waals surface area contributed by atoms with Crippen molar-refractivity contribution in [3.63, 3.8) is 0 Å². The summed E-state index contributed by atoms with van der Waals surface area (Å²) in [5, 5.41) is 12.2. The molecule has 0 aliphatic carbocycles. The molecule has 3 nitrogen and oxygen atoms in total. The van der Waals surface area contributed by atoms with E-state index in [9.17, 15) is 0 Å². The molecule has 0 amide bonds. The SMILES string of the molecule is CCC1NC(C)CCC1OCCCO. The van der Waals surface area contributed by atoms with Gasteiger partial charge in [-0.1, -0.05) is 6.92 Å². The lowest BCUT2D eigenvalue weighted by Gasteiger charge is -2.35. The molecule has 0 saturated carbocycles. The maximum Gasteiger partial charge on any atom is 0.0728 e. The highest BCUT2D eigenvalue weighted by atomic mass is 16.5. The van der Waals surface area contributed by atoms with Crippen molar-refractivity contribution in [1.82, 2.24) is 5.32 Å². The maximum absolute atomic E-state index is 8.67. The molecule has 3 atom stereocenters. The number of piperidine rings is 1. The van der Waals surface area contributed by atoms with E-state index >= 15 is 0 Å². The standard InChI is InChI=1S/C11H23NO2/c1-3-10-11(14-8-4-7-13)6-5-9(2)12-10/h9-13H,3-8H2,1-2H3. The minimum atomic E-state index is 0.230. The Balaban J connectivity index is 2.27. The van der Waals surface area contributed by atoms with Crippen molar-refractivity contribution in [3.8, 4) is 0 Å². The molecule has 3 unspecified atom stereocenters. The summed E-state index contributed by atoms with van der Waals surface area (Å²) < 4.78 is 5.75. The summed E-state index contributed by atoms with van der Waals surface area (Å²) in [6.07, 6.45) is 4.57. The van der Waals surface area contributed by atoms with Crippen LogP contribution in [0.15, 0.2) is 0 Å². The lowest BCUT2D eigenvalue weighted by atomic mass is 9.95. The van der Waals surface area contributed by atoms with Crippen LogP contribution < -0.4 is 5.32 Å². The molecule has 0 aromatic heterocycles. The zero-order valence-corrected chi connectivity index (χ0v) is 9.33. The normalized spacial score (nSPS) is 33.2. The van der Waals surface area contributed by atoms with Crippen molar-refractivity contribution in [2.24, 2.45) is 0 Å². The van der Waals surface area contributed by atoms with Crippen molar-refractivity contribution in [1.29, 1.82) is 0 Å². The fourth-order valence-electron chi connectivity index (χ4n) is 2.05. The molecule has 1 aliphatic rings. The number of rotatable bonds is 5. The quantitative estimate of drug-likeness (QED) is 0.659. The van der Waals surface area contributed by atoms with Crippen LogP contribution in [0.1, 0.15) is 39.5 Å². The van der Waals surface area contributed by atoms with E-state index in [0.717, 1.165) is 19.3 Å². The van der Waals surface area contributed by atoms with Gasteiger partial charge in [0.15, 0.2) is 0 Å². The summed E-state index contributed by atoms with van der Waals surface area (Å²) in [7, 11) is 0. The molecule has 0 spiro atoms. The molecule has 14 heavy (non-hydrogen) atoms. The van der Waals surface area contributed by atoms with E-state index in [1.165, 1.54) is 6.42 Å². The third kappa shape index (κ3) is 3.56. The van der Waals surface area contributed by atoms with Crippen molar-refractivity contribution < 1.29 is 9.84 Å². The Labute approximate surface area is 86.8 Å². The van der Waals surface area contributed by atoms with E-state index in [2.05, 4.69) is 19.2 Å². The highest BCUT2D eigenvalue weighted by Crippen LogP contribution is 2.18. The smallest absolute Gasteiger partial charge is 0.0728 e. The molecule has 0 aromatic carbocycles. The molecule has 0 bridgehead atoms. The fraction of sp³-hybridized carbons (Fsp3) is 1.00. The van der Waals surface area contributed by atoms with E-state index in [1.807, 2.05) is 0 Å². The van der Waals surface area contributed by atoms with Crippen LogP contribution in [0.4, 0.5) is 0 Å². The average molecular weight is 201 g/mol. The maximum atomic E-state index is 8.67.